The molecule has 3 nitrogen and oxygen atoms in total. The summed E-state index contributed by atoms with van der Waals surface area (Å²) in [6, 6.07) is 21.6. The Balaban J connectivity index is 1.51. The van der Waals surface area contributed by atoms with Crippen molar-refractivity contribution in [2.24, 2.45) is 0 Å². The van der Waals surface area contributed by atoms with Crippen molar-refractivity contribution in [3.8, 4) is 11.5 Å². The minimum absolute atomic E-state index is 0.336. The van der Waals surface area contributed by atoms with Crippen molar-refractivity contribution in [2.75, 3.05) is 13.7 Å². The van der Waals surface area contributed by atoms with Crippen molar-refractivity contribution in [1.29, 1.82) is 0 Å². The average Bonchev–Trinajstić information content (AvgIpc) is 2.71. The molecule has 1 N–H and O–H groups in total. The molecule has 0 unspecified atom stereocenters. The van der Waals surface area contributed by atoms with Crippen LogP contribution < -0.4 is 14.8 Å². The van der Waals surface area contributed by atoms with Gasteiger partial charge >= 0.3 is 0 Å². The van der Waals surface area contributed by atoms with Gasteiger partial charge in [-0.1, -0.05) is 59.6 Å². The van der Waals surface area contributed by atoms with Gasteiger partial charge in [0.05, 0.1) is 7.11 Å². The number of benzene rings is 3. The Labute approximate surface area is 176 Å². The molecule has 0 aliphatic heterocycles. The van der Waals surface area contributed by atoms with E-state index < -0.39 is 0 Å². The third-order valence-electron chi connectivity index (χ3n) is 4.44. The first-order valence-corrected chi connectivity index (χ1v) is 9.90. The summed E-state index contributed by atoms with van der Waals surface area (Å²) in [4.78, 5) is 0. The number of rotatable bonds is 9. The summed E-state index contributed by atoms with van der Waals surface area (Å²) >= 11 is 12.4. The first-order valence-electron chi connectivity index (χ1n) is 9.14. The van der Waals surface area contributed by atoms with Crippen LogP contribution in [-0.4, -0.2) is 13.7 Å². The van der Waals surface area contributed by atoms with Crippen LogP contribution in [0.5, 0.6) is 11.5 Å². The smallest absolute Gasteiger partial charge is 0.122 e. The van der Waals surface area contributed by atoms with Crippen LogP contribution in [0.25, 0.3) is 0 Å². The van der Waals surface area contributed by atoms with Gasteiger partial charge in [0.15, 0.2) is 0 Å². The molecule has 5 heteroatoms. The Kier molecular flexibility index (Phi) is 7.61. The number of para-hydroxylation sites is 1. The molecule has 0 atom stereocenters. The molecule has 3 aromatic rings. The molecule has 0 saturated heterocycles. The highest BCUT2D eigenvalue weighted by Gasteiger charge is 2.07. The molecule has 0 heterocycles. The second kappa shape index (κ2) is 10.4. The van der Waals surface area contributed by atoms with E-state index in [2.05, 4.69) is 17.4 Å². The molecule has 3 rings (SSSR count). The summed E-state index contributed by atoms with van der Waals surface area (Å²) in [5, 5.41) is 4.69. The molecule has 0 spiro atoms. The van der Waals surface area contributed by atoms with Gasteiger partial charge in [-0.2, -0.15) is 0 Å². The third kappa shape index (κ3) is 5.65. The second-order valence-electron chi connectivity index (χ2n) is 6.37. The maximum atomic E-state index is 6.20. The van der Waals surface area contributed by atoms with Gasteiger partial charge in [-0.25, -0.2) is 0 Å². The molecule has 28 heavy (non-hydrogen) atoms. The highest BCUT2D eigenvalue weighted by Crippen LogP contribution is 2.26. The molecule has 0 aromatic heterocycles. The van der Waals surface area contributed by atoms with Crippen LogP contribution in [0.15, 0.2) is 66.7 Å². The lowest BCUT2D eigenvalue weighted by atomic mass is 10.1. The van der Waals surface area contributed by atoms with E-state index >= 15 is 0 Å². The van der Waals surface area contributed by atoms with Crippen molar-refractivity contribution < 1.29 is 9.47 Å². The minimum atomic E-state index is 0.336. The Hall–Kier alpha value is -2.20. The first kappa shape index (κ1) is 20.5. The fraction of sp³-hybridized carbons (Fsp3) is 0.217. The summed E-state index contributed by atoms with van der Waals surface area (Å²) in [6.45, 7) is 1.96. The van der Waals surface area contributed by atoms with Gasteiger partial charge in [0.2, 0.25) is 0 Å². The standard InChI is InChI=1S/C23H23Cl2NO2/c1-27-23-11-3-2-7-18(23)12-13-26-15-17-6-4-8-19(14-17)28-16-20-21(24)9-5-10-22(20)25/h2-11,14,26H,12-13,15-16H2,1H3. The number of hydrogen-bond acceptors (Lipinski definition) is 3. The molecule has 146 valence electrons. The predicted molar refractivity (Wildman–Crippen MR) is 116 cm³/mol. The quantitative estimate of drug-likeness (QED) is 0.440. The van der Waals surface area contributed by atoms with Gasteiger partial charge in [0, 0.05) is 22.2 Å². The SMILES string of the molecule is COc1ccccc1CCNCc1cccc(OCc2c(Cl)cccc2Cl)c1. The highest BCUT2D eigenvalue weighted by atomic mass is 35.5. The number of halogens is 2. The van der Waals surface area contributed by atoms with Gasteiger partial charge in [-0.15, -0.1) is 0 Å². The van der Waals surface area contributed by atoms with Crippen LogP contribution in [0, 0.1) is 0 Å². The molecule has 0 radical (unpaired) electrons. The Morgan fingerprint density at radius 2 is 1.64 bits per heavy atom. The summed E-state index contributed by atoms with van der Waals surface area (Å²) < 4.78 is 11.3. The van der Waals surface area contributed by atoms with Crippen LogP contribution >= 0.6 is 23.2 Å². The van der Waals surface area contributed by atoms with E-state index in [-0.39, 0.29) is 0 Å². The zero-order valence-electron chi connectivity index (χ0n) is 15.8. The largest absolute Gasteiger partial charge is 0.496 e. The van der Waals surface area contributed by atoms with Crippen LogP contribution in [0.1, 0.15) is 16.7 Å². The zero-order valence-corrected chi connectivity index (χ0v) is 17.3. The van der Waals surface area contributed by atoms with Crippen LogP contribution in [-0.2, 0) is 19.6 Å². The number of methoxy groups -OCH3 is 1. The first-order chi connectivity index (χ1) is 13.7. The van der Waals surface area contributed by atoms with E-state index in [9.17, 15) is 0 Å². The van der Waals surface area contributed by atoms with E-state index in [1.54, 1.807) is 7.11 Å². The van der Waals surface area contributed by atoms with Crippen molar-refractivity contribution in [3.63, 3.8) is 0 Å². The maximum Gasteiger partial charge on any atom is 0.122 e. The fourth-order valence-corrected chi connectivity index (χ4v) is 3.44. The normalized spacial score (nSPS) is 10.7. The third-order valence-corrected chi connectivity index (χ3v) is 5.14. The van der Waals surface area contributed by atoms with Crippen LogP contribution in [0.3, 0.4) is 0 Å². The lowest BCUT2D eigenvalue weighted by Gasteiger charge is -2.11. The van der Waals surface area contributed by atoms with Gasteiger partial charge in [0.1, 0.15) is 18.1 Å². The van der Waals surface area contributed by atoms with E-state index in [1.807, 2.05) is 54.6 Å². The second-order valence-corrected chi connectivity index (χ2v) is 7.19. The van der Waals surface area contributed by atoms with Crippen molar-refractivity contribution in [3.05, 3.63) is 93.5 Å². The number of nitrogens with one attached hydrogen (secondary N) is 1. The average molecular weight is 416 g/mol. The molecule has 0 aliphatic carbocycles. The van der Waals surface area contributed by atoms with Gasteiger partial charge in [0.25, 0.3) is 0 Å². The molecule has 0 amide bonds. The van der Waals surface area contributed by atoms with E-state index in [4.69, 9.17) is 32.7 Å². The van der Waals surface area contributed by atoms with Crippen molar-refractivity contribution >= 4 is 23.2 Å². The van der Waals surface area contributed by atoms with Crippen molar-refractivity contribution in [1.82, 2.24) is 5.32 Å². The summed E-state index contributed by atoms with van der Waals surface area (Å²) in [5.41, 5.74) is 3.15. The zero-order chi connectivity index (χ0) is 19.8. The van der Waals surface area contributed by atoms with E-state index in [0.717, 1.165) is 42.1 Å². The Morgan fingerprint density at radius 3 is 2.43 bits per heavy atom. The van der Waals surface area contributed by atoms with Crippen LogP contribution in [0.4, 0.5) is 0 Å². The molecule has 0 saturated carbocycles. The van der Waals surface area contributed by atoms with E-state index in [1.165, 1.54) is 5.56 Å². The highest BCUT2D eigenvalue weighted by molar-refractivity contribution is 6.35. The van der Waals surface area contributed by atoms with Gasteiger partial charge in [-0.3, -0.25) is 0 Å². The molecule has 3 aromatic carbocycles. The fourth-order valence-electron chi connectivity index (χ4n) is 2.94. The Bertz CT molecular complexity index is 894. The number of hydrogen-bond donors (Lipinski definition) is 1. The lowest BCUT2D eigenvalue weighted by molar-refractivity contribution is 0.306. The number of ether oxygens (including phenoxy) is 2. The summed E-state index contributed by atoms with van der Waals surface area (Å²) in [7, 11) is 1.70. The minimum Gasteiger partial charge on any atom is -0.496 e. The topological polar surface area (TPSA) is 30.5 Å². The maximum absolute atomic E-state index is 6.20. The Morgan fingerprint density at radius 1 is 0.893 bits per heavy atom. The summed E-state index contributed by atoms with van der Waals surface area (Å²) in [6.07, 6.45) is 0.908. The molecule has 0 aliphatic rings. The van der Waals surface area contributed by atoms with Crippen LogP contribution in [0.2, 0.25) is 10.0 Å². The molecular weight excluding hydrogens is 393 g/mol. The van der Waals surface area contributed by atoms with Gasteiger partial charge < -0.3 is 14.8 Å². The lowest BCUT2D eigenvalue weighted by Crippen LogP contribution is -2.17. The summed E-state index contributed by atoms with van der Waals surface area (Å²) in [5.74, 6) is 1.72. The van der Waals surface area contributed by atoms with Gasteiger partial charge in [-0.05, 0) is 54.4 Å². The molecule has 0 fully saturated rings. The van der Waals surface area contributed by atoms with E-state index in [0.29, 0.717) is 16.7 Å². The van der Waals surface area contributed by atoms with Crippen molar-refractivity contribution in [2.45, 2.75) is 19.6 Å². The molecule has 0 bridgehead atoms. The predicted octanol–water partition coefficient (Wildman–Crippen LogP) is 5.91. The monoisotopic (exact) mass is 415 g/mol. The molecular formula is C23H23Cl2NO2.